The Morgan fingerprint density at radius 2 is 1.74 bits per heavy atom. The average Bonchev–Trinajstić information content (AvgIpc) is 3.82. The third kappa shape index (κ3) is 5.58. The number of aromatic nitrogens is 2. The number of rotatable bonds is 7. The minimum Gasteiger partial charge on any atom is -0.375 e. The average molecular weight is 506 g/mol. The summed E-state index contributed by atoms with van der Waals surface area (Å²) in [6.45, 7) is 2.44. The molecule has 1 aromatic carbocycles. The van der Waals surface area contributed by atoms with E-state index in [9.17, 15) is 0 Å². The summed E-state index contributed by atoms with van der Waals surface area (Å²) >= 11 is 0. The van der Waals surface area contributed by atoms with E-state index in [4.69, 9.17) is 4.99 Å². The number of likely N-dealkylation sites (tertiary alicyclic amines) is 1. The number of allylic oxidation sites excluding steroid dienone is 4. The largest absolute Gasteiger partial charge is 0.375 e. The lowest BCUT2D eigenvalue weighted by Gasteiger charge is -2.38. The summed E-state index contributed by atoms with van der Waals surface area (Å²) in [6, 6.07) is 11.9. The van der Waals surface area contributed by atoms with E-state index in [0.29, 0.717) is 12.1 Å². The quantitative estimate of drug-likeness (QED) is 0.356. The molecule has 0 bridgehead atoms. The van der Waals surface area contributed by atoms with E-state index in [2.05, 4.69) is 70.4 Å². The number of benzene rings is 1. The van der Waals surface area contributed by atoms with Gasteiger partial charge in [-0.15, -0.1) is 0 Å². The molecule has 6 rings (SSSR count). The molecule has 2 fully saturated rings. The van der Waals surface area contributed by atoms with Crippen LogP contribution >= 0.6 is 0 Å². The predicted octanol–water partition coefficient (Wildman–Crippen LogP) is 6.77. The van der Waals surface area contributed by atoms with Gasteiger partial charge in [0.2, 0.25) is 0 Å². The first kappa shape index (κ1) is 25.0. The van der Waals surface area contributed by atoms with Gasteiger partial charge in [0.25, 0.3) is 0 Å². The topological polar surface area (TPSA) is 44.6 Å². The molecule has 1 aliphatic carbocycles. The number of hydrogen-bond acceptors (Lipinski definition) is 5. The molecule has 4 heterocycles. The molecule has 2 aliphatic heterocycles. The maximum Gasteiger partial charge on any atom is 0.0506 e. The summed E-state index contributed by atoms with van der Waals surface area (Å²) in [5, 5.41) is 2.25. The van der Waals surface area contributed by atoms with Gasteiger partial charge in [0.1, 0.15) is 0 Å². The second-order valence-electron chi connectivity index (χ2n) is 11.3. The van der Waals surface area contributed by atoms with Crippen LogP contribution in [0.4, 0.5) is 0 Å². The van der Waals surface area contributed by atoms with Crippen molar-refractivity contribution in [3.8, 4) is 11.1 Å². The third-order valence-corrected chi connectivity index (χ3v) is 8.66. The van der Waals surface area contributed by atoms with Crippen molar-refractivity contribution in [3.63, 3.8) is 0 Å². The number of hydrogen-bond donors (Lipinski definition) is 0. The Labute approximate surface area is 227 Å². The van der Waals surface area contributed by atoms with Gasteiger partial charge >= 0.3 is 0 Å². The Morgan fingerprint density at radius 3 is 2.53 bits per heavy atom. The smallest absolute Gasteiger partial charge is 0.0506 e. The standard InChI is InChI=1S/C33H39N5/c1-37-18-15-30(16-19-37)38(2)33(26-10-11-26)13-12-29-5-3-4-27(21-36-29)24-6-8-25(9-7-24)31-23-35-20-28-14-17-34-22-32(28)31/h4,6-9,14,17,20-23,29-30H,3,5,10-13,15-16,18-19H2,1-2H3. The van der Waals surface area contributed by atoms with E-state index >= 15 is 0 Å². The molecule has 196 valence electrons. The van der Waals surface area contributed by atoms with Gasteiger partial charge in [0.15, 0.2) is 0 Å². The van der Waals surface area contributed by atoms with Gasteiger partial charge in [-0.3, -0.25) is 15.0 Å². The number of fused-ring (bicyclic) bond motifs is 1. The van der Waals surface area contributed by atoms with E-state index in [1.54, 1.807) is 11.3 Å². The zero-order valence-corrected chi connectivity index (χ0v) is 22.8. The molecule has 1 unspecified atom stereocenters. The lowest BCUT2D eigenvalue weighted by atomic mass is 9.98. The van der Waals surface area contributed by atoms with Crippen molar-refractivity contribution >= 4 is 22.6 Å². The molecule has 3 aromatic rings. The molecule has 38 heavy (non-hydrogen) atoms. The molecule has 0 radical (unpaired) electrons. The zero-order chi connectivity index (χ0) is 25.9. The van der Waals surface area contributed by atoms with Crippen molar-refractivity contribution in [1.29, 1.82) is 0 Å². The van der Waals surface area contributed by atoms with Crippen molar-refractivity contribution in [1.82, 2.24) is 19.8 Å². The van der Waals surface area contributed by atoms with Crippen LogP contribution in [0.1, 0.15) is 56.9 Å². The van der Waals surface area contributed by atoms with Gasteiger partial charge in [-0.2, -0.15) is 0 Å². The molecule has 1 atom stereocenters. The molecule has 3 aliphatic rings. The Hall–Kier alpha value is -3.31. The molecule has 0 spiro atoms. The van der Waals surface area contributed by atoms with Crippen LogP contribution in [0.2, 0.25) is 0 Å². The summed E-state index contributed by atoms with van der Waals surface area (Å²) < 4.78 is 0. The van der Waals surface area contributed by atoms with E-state index in [0.717, 1.165) is 42.0 Å². The number of nitrogens with zero attached hydrogens (tertiary/aromatic N) is 5. The first-order chi connectivity index (χ1) is 18.7. The van der Waals surface area contributed by atoms with Crippen molar-refractivity contribution in [2.24, 2.45) is 4.99 Å². The SMILES string of the molecule is CN1CCC(N(C)C(CCC2CCC=C(c3ccc(-c4cncc5ccncc45)cc3)C=N2)=C2CC2)CC1. The molecule has 0 N–H and O–H groups in total. The fourth-order valence-corrected chi connectivity index (χ4v) is 6.09. The van der Waals surface area contributed by atoms with Crippen molar-refractivity contribution in [2.75, 3.05) is 27.2 Å². The van der Waals surface area contributed by atoms with Crippen LogP contribution in [-0.2, 0) is 0 Å². The number of pyridine rings is 2. The molecule has 5 heteroatoms. The van der Waals surface area contributed by atoms with Crippen LogP contribution in [0.5, 0.6) is 0 Å². The van der Waals surface area contributed by atoms with Crippen molar-refractivity contribution in [3.05, 3.63) is 78.0 Å². The Kier molecular flexibility index (Phi) is 7.37. The molecule has 0 amide bonds. The number of piperidine rings is 1. The third-order valence-electron chi connectivity index (χ3n) is 8.66. The van der Waals surface area contributed by atoms with Gasteiger partial charge in [0, 0.05) is 66.1 Å². The summed E-state index contributed by atoms with van der Waals surface area (Å²) in [6.07, 6.45) is 21.8. The monoisotopic (exact) mass is 505 g/mol. The Morgan fingerprint density at radius 1 is 0.947 bits per heavy atom. The maximum atomic E-state index is 5.08. The normalized spacial score (nSPS) is 20.3. The molecular formula is C33H39N5. The van der Waals surface area contributed by atoms with Gasteiger partial charge in [-0.25, -0.2) is 0 Å². The Bertz CT molecular complexity index is 1350. The van der Waals surface area contributed by atoms with Gasteiger partial charge in [-0.1, -0.05) is 35.9 Å². The predicted molar refractivity (Wildman–Crippen MR) is 158 cm³/mol. The van der Waals surface area contributed by atoms with Crippen LogP contribution < -0.4 is 0 Å². The highest BCUT2D eigenvalue weighted by Gasteiger charge is 2.27. The maximum absolute atomic E-state index is 5.08. The molecule has 5 nitrogen and oxygen atoms in total. The molecular weight excluding hydrogens is 466 g/mol. The van der Waals surface area contributed by atoms with Crippen molar-refractivity contribution in [2.45, 2.75) is 63.5 Å². The van der Waals surface area contributed by atoms with Crippen LogP contribution in [0.3, 0.4) is 0 Å². The van der Waals surface area contributed by atoms with E-state index in [-0.39, 0.29) is 0 Å². The summed E-state index contributed by atoms with van der Waals surface area (Å²) in [5.41, 5.74) is 8.07. The summed E-state index contributed by atoms with van der Waals surface area (Å²) in [7, 11) is 4.60. The second-order valence-corrected chi connectivity index (χ2v) is 11.3. The Balaban J connectivity index is 1.10. The minimum absolute atomic E-state index is 0.400. The second kappa shape index (κ2) is 11.2. The van der Waals surface area contributed by atoms with Gasteiger partial charge in [-0.05, 0) is 94.3 Å². The van der Waals surface area contributed by atoms with Crippen LogP contribution in [-0.4, -0.2) is 65.3 Å². The highest BCUT2D eigenvalue weighted by atomic mass is 15.2. The zero-order valence-electron chi connectivity index (χ0n) is 22.8. The lowest BCUT2D eigenvalue weighted by molar-refractivity contribution is 0.166. The number of aliphatic imine (C=N–C) groups is 1. The summed E-state index contributed by atoms with van der Waals surface area (Å²) in [4.78, 5) is 18.9. The highest BCUT2D eigenvalue weighted by Crippen LogP contribution is 2.37. The van der Waals surface area contributed by atoms with Gasteiger partial charge in [0.05, 0.1) is 6.04 Å². The molecule has 1 saturated carbocycles. The summed E-state index contributed by atoms with van der Waals surface area (Å²) in [5.74, 6) is 0. The van der Waals surface area contributed by atoms with E-state index in [1.807, 2.05) is 30.9 Å². The van der Waals surface area contributed by atoms with Gasteiger partial charge < -0.3 is 9.80 Å². The van der Waals surface area contributed by atoms with Crippen LogP contribution in [0, 0.1) is 0 Å². The molecule has 2 aromatic heterocycles. The minimum atomic E-state index is 0.400. The fourth-order valence-electron chi connectivity index (χ4n) is 6.09. The van der Waals surface area contributed by atoms with E-state index < -0.39 is 0 Å². The fraction of sp³-hybridized carbons (Fsp3) is 0.424. The first-order valence-corrected chi connectivity index (χ1v) is 14.3. The highest BCUT2D eigenvalue weighted by molar-refractivity contribution is 6.10. The first-order valence-electron chi connectivity index (χ1n) is 14.3. The van der Waals surface area contributed by atoms with Crippen LogP contribution in [0.15, 0.2) is 77.5 Å². The molecule has 1 saturated heterocycles. The van der Waals surface area contributed by atoms with Crippen LogP contribution in [0.25, 0.3) is 27.5 Å². The van der Waals surface area contributed by atoms with E-state index in [1.165, 1.54) is 55.5 Å². The lowest BCUT2D eigenvalue weighted by Crippen LogP contribution is -2.41. The van der Waals surface area contributed by atoms with Crippen molar-refractivity contribution < 1.29 is 0 Å².